The normalized spacial score (nSPS) is 11.9. The van der Waals surface area contributed by atoms with Crippen LogP contribution < -0.4 is 5.73 Å². The molecule has 0 saturated heterocycles. The Morgan fingerprint density at radius 2 is 2.00 bits per heavy atom. The van der Waals surface area contributed by atoms with Crippen molar-refractivity contribution in [3.05, 3.63) is 33.5 Å². The van der Waals surface area contributed by atoms with Crippen molar-refractivity contribution < 1.29 is 4.39 Å². The Balaban J connectivity index is 3.30. The van der Waals surface area contributed by atoms with Gasteiger partial charge in [-0.1, -0.05) is 13.0 Å². The average molecular weight is 260 g/mol. The Morgan fingerprint density at radius 3 is 2.43 bits per heavy atom. The summed E-state index contributed by atoms with van der Waals surface area (Å²) in [4.78, 5) is 0. The monoisotopic (exact) mass is 259 g/mol. The molecule has 0 radical (unpaired) electrons. The second kappa shape index (κ2) is 3.99. The van der Waals surface area contributed by atoms with Gasteiger partial charge in [0.2, 0.25) is 0 Å². The predicted octanol–water partition coefficient (Wildman–Crippen LogP) is 3.34. The number of rotatable bonds is 2. The standard InChI is InChI=1S/C11H15BrFN/c1-4-7-5-8(11(2,3)14)6-9(12)10(7)13/h5-6H,4,14H2,1-3H3. The predicted molar refractivity (Wildman–Crippen MR) is 60.7 cm³/mol. The summed E-state index contributed by atoms with van der Waals surface area (Å²) in [6.07, 6.45) is 0.675. The molecule has 78 valence electrons. The van der Waals surface area contributed by atoms with E-state index in [-0.39, 0.29) is 5.82 Å². The molecule has 0 atom stereocenters. The van der Waals surface area contributed by atoms with Crippen molar-refractivity contribution in [1.82, 2.24) is 0 Å². The van der Waals surface area contributed by atoms with E-state index in [1.54, 1.807) is 6.07 Å². The van der Waals surface area contributed by atoms with E-state index >= 15 is 0 Å². The minimum Gasteiger partial charge on any atom is -0.322 e. The van der Waals surface area contributed by atoms with Crippen molar-refractivity contribution in [3.8, 4) is 0 Å². The fourth-order valence-electron chi connectivity index (χ4n) is 1.28. The Labute approximate surface area is 92.6 Å². The zero-order chi connectivity index (χ0) is 10.9. The summed E-state index contributed by atoms with van der Waals surface area (Å²) in [6, 6.07) is 3.58. The number of hydrogen-bond donors (Lipinski definition) is 1. The maximum atomic E-state index is 13.5. The molecular weight excluding hydrogens is 245 g/mol. The number of hydrogen-bond acceptors (Lipinski definition) is 1. The van der Waals surface area contributed by atoms with Crippen LogP contribution in [-0.4, -0.2) is 0 Å². The molecule has 0 aliphatic rings. The Kier molecular flexibility index (Phi) is 3.32. The summed E-state index contributed by atoms with van der Waals surface area (Å²) in [5.41, 5.74) is 7.17. The summed E-state index contributed by atoms with van der Waals surface area (Å²) >= 11 is 3.20. The van der Waals surface area contributed by atoms with Crippen LogP contribution in [0.1, 0.15) is 31.9 Å². The van der Waals surface area contributed by atoms with Gasteiger partial charge in [-0.15, -0.1) is 0 Å². The Bertz CT molecular complexity index is 342. The molecule has 1 aromatic carbocycles. The maximum Gasteiger partial charge on any atom is 0.140 e. The van der Waals surface area contributed by atoms with Crippen LogP contribution in [0.4, 0.5) is 4.39 Å². The van der Waals surface area contributed by atoms with Crippen LogP contribution in [0.25, 0.3) is 0 Å². The van der Waals surface area contributed by atoms with Crippen LogP contribution in [0.15, 0.2) is 16.6 Å². The zero-order valence-corrected chi connectivity index (χ0v) is 10.3. The highest BCUT2D eigenvalue weighted by atomic mass is 79.9. The van der Waals surface area contributed by atoms with Crippen LogP contribution in [0.3, 0.4) is 0 Å². The van der Waals surface area contributed by atoms with Crippen molar-refractivity contribution in [2.75, 3.05) is 0 Å². The van der Waals surface area contributed by atoms with Gasteiger partial charge in [-0.2, -0.15) is 0 Å². The Hall–Kier alpha value is -0.410. The molecule has 0 bridgehead atoms. The minimum atomic E-state index is -0.430. The van der Waals surface area contributed by atoms with Gasteiger partial charge in [0.15, 0.2) is 0 Å². The summed E-state index contributed by atoms with van der Waals surface area (Å²) < 4.78 is 14.0. The molecule has 0 unspecified atom stereocenters. The average Bonchev–Trinajstić information content (AvgIpc) is 2.07. The minimum absolute atomic E-state index is 0.180. The van der Waals surface area contributed by atoms with E-state index in [1.807, 2.05) is 26.8 Å². The van der Waals surface area contributed by atoms with E-state index in [0.29, 0.717) is 16.5 Å². The second-order valence-corrected chi connectivity index (χ2v) is 4.86. The van der Waals surface area contributed by atoms with Gasteiger partial charge >= 0.3 is 0 Å². The van der Waals surface area contributed by atoms with Crippen molar-refractivity contribution in [2.45, 2.75) is 32.7 Å². The van der Waals surface area contributed by atoms with Gasteiger partial charge < -0.3 is 5.73 Å². The summed E-state index contributed by atoms with van der Waals surface area (Å²) in [5, 5.41) is 0. The van der Waals surface area contributed by atoms with Gasteiger partial charge in [0.25, 0.3) is 0 Å². The maximum absolute atomic E-state index is 13.5. The van der Waals surface area contributed by atoms with Crippen LogP contribution >= 0.6 is 15.9 Å². The van der Waals surface area contributed by atoms with E-state index in [1.165, 1.54) is 0 Å². The molecular formula is C11H15BrFN. The van der Waals surface area contributed by atoms with Crippen LogP contribution in [0, 0.1) is 5.82 Å². The zero-order valence-electron chi connectivity index (χ0n) is 8.70. The van der Waals surface area contributed by atoms with Gasteiger partial charge in [-0.25, -0.2) is 4.39 Å². The molecule has 1 nitrogen and oxygen atoms in total. The molecule has 3 heteroatoms. The van der Waals surface area contributed by atoms with Gasteiger partial charge in [0, 0.05) is 5.54 Å². The summed E-state index contributed by atoms with van der Waals surface area (Å²) in [6.45, 7) is 5.75. The third kappa shape index (κ3) is 2.34. The molecule has 0 heterocycles. The lowest BCUT2D eigenvalue weighted by atomic mass is 9.93. The lowest BCUT2D eigenvalue weighted by Gasteiger charge is -2.20. The van der Waals surface area contributed by atoms with Crippen LogP contribution in [0.2, 0.25) is 0 Å². The smallest absolute Gasteiger partial charge is 0.140 e. The van der Waals surface area contributed by atoms with Gasteiger partial charge in [0.1, 0.15) is 5.82 Å². The van der Waals surface area contributed by atoms with E-state index in [9.17, 15) is 4.39 Å². The summed E-state index contributed by atoms with van der Waals surface area (Å²) in [7, 11) is 0. The highest BCUT2D eigenvalue weighted by Gasteiger charge is 2.17. The van der Waals surface area contributed by atoms with Gasteiger partial charge in [0.05, 0.1) is 4.47 Å². The third-order valence-electron chi connectivity index (χ3n) is 2.23. The second-order valence-electron chi connectivity index (χ2n) is 4.01. The number of aryl methyl sites for hydroxylation is 1. The van der Waals surface area contributed by atoms with Gasteiger partial charge in [-0.05, 0) is 53.4 Å². The van der Waals surface area contributed by atoms with Crippen molar-refractivity contribution in [2.24, 2.45) is 5.73 Å². The molecule has 0 fully saturated rings. The van der Waals surface area contributed by atoms with Gasteiger partial charge in [-0.3, -0.25) is 0 Å². The molecule has 0 amide bonds. The van der Waals surface area contributed by atoms with Crippen molar-refractivity contribution in [3.63, 3.8) is 0 Å². The third-order valence-corrected chi connectivity index (χ3v) is 2.81. The first-order valence-corrected chi connectivity index (χ1v) is 5.42. The van der Waals surface area contributed by atoms with E-state index < -0.39 is 5.54 Å². The van der Waals surface area contributed by atoms with Crippen molar-refractivity contribution in [1.29, 1.82) is 0 Å². The lowest BCUT2D eigenvalue weighted by molar-refractivity contribution is 0.546. The molecule has 0 spiro atoms. The molecule has 0 aromatic heterocycles. The van der Waals surface area contributed by atoms with Crippen LogP contribution in [-0.2, 0) is 12.0 Å². The molecule has 0 saturated carbocycles. The topological polar surface area (TPSA) is 26.0 Å². The molecule has 14 heavy (non-hydrogen) atoms. The fraction of sp³-hybridized carbons (Fsp3) is 0.455. The first kappa shape index (κ1) is 11.7. The molecule has 2 N–H and O–H groups in total. The van der Waals surface area contributed by atoms with E-state index in [0.717, 1.165) is 5.56 Å². The first-order valence-electron chi connectivity index (χ1n) is 4.63. The van der Waals surface area contributed by atoms with Crippen LogP contribution in [0.5, 0.6) is 0 Å². The highest BCUT2D eigenvalue weighted by Crippen LogP contribution is 2.26. The highest BCUT2D eigenvalue weighted by molar-refractivity contribution is 9.10. The largest absolute Gasteiger partial charge is 0.322 e. The molecule has 0 aliphatic heterocycles. The fourth-order valence-corrected chi connectivity index (χ4v) is 1.78. The van der Waals surface area contributed by atoms with E-state index in [2.05, 4.69) is 15.9 Å². The molecule has 0 aliphatic carbocycles. The molecule has 1 aromatic rings. The van der Waals surface area contributed by atoms with Crippen molar-refractivity contribution >= 4 is 15.9 Å². The SMILES string of the molecule is CCc1cc(C(C)(C)N)cc(Br)c1F. The number of nitrogens with two attached hydrogens (primary N) is 1. The number of halogens is 2. The lowest BCUT2D eigenvalue weighted by Crippen LogP contribution is -2.28. The Morgan fingerprint density at radius 1 is 1.43 bits per heavy atom. The summed E-state index contributed by atoms with van der Waals surface area (Å²) in [5.74, 6) is -0.180. The molecule has 1 rings (SSSR count). The first-order chi connectivity index (χ1) is 6.36. The quantitative estimate of drug-likeness (QED) is 0.867. The number of benzene rings is 1. The van der Waals surface area contributed by atoms with E-state index in [4.69, 9.17) is 5.73 Å².